The molecule has 0 bridgehead atoms. The quantitative estimate of drug-likeness (QED) is 0.787. The zero-order valence-corrected chi connectivity index (χ0v) is 16.6. The number of thiocarbonyl (C=S) groups is 1. The summed E-state index contributed by atoms with van der Waals surface area (Å²) in [6.45, 7) is 1.77. The zero-order chi connectivity index (χ0) is 19.0. The molecule has 1 aliphatic carbocycles. The Labute approximate surface area is 169 Å². The third-order valence-corrected chi connectivity index (χ3v) is 6.91. The summed E-state index contributed by atoms with van der Waals surface area (Å²) in [5.74, 6) is -0.670. The molecular weight excluding hydrogens is 374 g/mol. The average molecular weight is 396 g/mol. The van der Waals surface area contributed by atoms with Crippen molar-refractivity contribution in [2.75, 3.05) is 0 Å². The Balaban J connectivity index is 1.53. The highest BCUT2D eigenvalue weighted by atomic mass is 32.2. The number of hydrogen-bond acceptors (Lipinski definition) is 4. The van der Waals surface area contributed by atoms with E-state index in [0.29, 0.717) is 4.32 Å². The Morgan fingerprint density at radius 1 is 1.22 bits per heavy atom. The fraction of sp³-hybridized carbons (Fsp3) is 0.273. The van der Waals surface area contributed by atoms with Gasteiger partial charge in [-0.25, -0.2) is 0 Å². The number of carbonyl (C=O) groups is 1. The van der Waals surface area contributed by atoms with Crippen LogP contribution in [0.15, 0.2) is 60.7 Å². The molecule has 1 saturated heterocycles. The molecule has 0 radical (unpaired) electrons. The highest BCUT2D eigenvalue weighted by molar-refractivity contribution is 8.23. The van der Waals surface area contributed by atoms with Gasteiger partial charge in [-0.1, -0.05) is 97.7 Å². The van der Waals surface area contributed by atoms with Gasteiger partial charge in [0.2, 0.25) is 5.91 Å². The monoisotopic (exact) mass is 395 g/mol. The van der Waals surface area contributed by atoms with Gasteiger partial charge in [-0.05, 0) is 23.1 Å². The van der Waals surface area contributed by atoms with Gasteiger partial charge >= 0.3 is 0 Å². The molecule has 27 heavy (non-hydrogen) atoms. The molecule has 4 atom stereocenters. The van der Waals surface area contributed by atoms with Gasteiger partial charge in [-0.15, -0.1) is 0 Å². The van der Waals surface area contributed by atoms with E-state index < -0.39 is 12.0 Å². The molecule has 1 N–H and O–H groups in total. The van der Waals surface area contributed by atoms with Crippen molar-refractivity contribution < 1.29 is 9.90 Å². The maximum absolute atomic E-state index is 13.2. The SMILES string of the molecule is C[C@H](C(=O)N1C(=S)SC2Cc3ccccc3C21)[C@H](O)/C=C/c1ccccc1. The smallest absolute Gasteiger partial charge is 0.234 e. The summed E-state index contributed by atoms with van der Waals surface area (Å²) in [5.41, 5.74) is 3.47. The zero-order valence-electron chi connectivity index (χ0n) is 15.0. The van der Waals surface area contributed by atoms with E-state index in [4.69, 9.17) is 12.2 Å². The van der Waals surface area contributed by atoms with Gasteiger partial charge in [0.05, 0.1) is 18.1 Å². The van der Waals surface area contributed by atoms with Crippen molar-refractivity contribution in [1.82, 2.24) is 4.90 Å². The maximum Gasteiger partial charge on any atom is 0.234 e. The minimum absolute atomic E-state index is 0.0149. The van der Waals surface area contributed by atoms with Crippen LogP contribution in [0.1, 0.15) is 29.7 Å². The summed E-state index contributed by atoms with van der Waals surface area (Å²) in [6, 6.07) is 18.0. The van der Waals surface area contributed by atoms with Gasteiger partial charge in [0, 0.05) is 5.25 Å². The summed E-state index contributed by atoms with van der Waals surface area (Å²) in [6.07, 6.45) is 3.60. The van der Waals surface area contributed by atoms with Crippen LogP contribution in [0.3, 0.4) is 0 Å². The first-order chi connectivity index (χ1) is 13.1. The molecule has 3 nitrogen and oxygen atoms in total. The molecule has 0 spiro atoms. The fourth-order valence-corrected chi connectivity index (χ4v) is 5.59. The fourth-order valence-electron chi connectivity index (χ4n) is 3.78. The molecule has 138 valence electrons. The number of aliphatic hydroxyl groups is 1. The number of rotatable bonds is 4. The van der Waals surface area contributed by atoms with E-state index in [0.717, 1.165) is 12.0 Å². The largest absolute Gasteiger partial charge is 0.388 e. The van der Waals surface area contributed by atoms with Gasteiger partial charge in [0.15, 0.2) is 0 Å². The summed E-state index contributed by atoms with van der Waals surface area (Å²) < 4.78 is 0.621. The van der Waals surface area contributed by atoms with Gasteiger partial charge in [0.25, 0.3) is 0 Å². The minimum atomic E-state index is -0.860. The lowest BCUT2D eigenvalue weighted by Gasteiger charge is -2.28. The van der Waals surface area contributed by atoms with Crippen molar-refractivity contribution in [2.24, 2.45) is 5.92 Å². The van der Waals surface area contributed by atoms with Crippen molar-refractivity contribution in [3.63, 3.8) is 0 Å². The second-order valence-corrected chi connectivity index (χ2v) is 8.90. The number of fused-ring (bicyclic) bond motifs is 3. The van der Waals surface area contributed by atoms with Crippen molar-refractivity contribution in [2.45, 2.75) is 30.7 Å². The van der Waals surface area contributed by atoms with E-state index in [9.17, 15) is 9.90 Å². The highest BCUT2D eigenvalue weighted by Crippen LogP contribution is 2.49. The van der Waals surface area contributed by atoms with E-state index in [-0.39, 0.29) is 17.2 Å². The molecule has 2 aromatic carbocycles. The number of aliphatic hydroxyl groups excluding tert-OH is 1. The first-order valence-electron chi connectivity index (χ1n) is 9.09. The molecule has 1 aliphatic heterocycles. The average Bonchev–Trinajstić information content (AvgIpc) is 3.20. The van der Waals surface area contributed by atoms with Crippen molar-refractivity contribution in [1.29, 1.82) is 0 Å². The lowest BCUT2D eigenvalue weighted by molar-refractivity contribution is -0.134. The van der Waals surface area contributed by atoms with Crippen LogP contribution < -0.4 is 0 Å². The van der Waals surface area contributed by atoms with Crippen LogP contribution in [0.4, 0.5) is 0 Å². The van der Waals surface area contributed by atoms with Gasteiger partial charge in [-0.2, -0.15) is 0 Å². The van der Waals surface area contributed by atoms with Crippen LogP contribution >= 0.6 is 24.0 Å². The van der Waals surface area contributed by atoms with Gasteiger partial charge in [-0.3, -0.25) is 9.69 Å². The van der Waals surface area contributed by atoms with Crippen LogP contribution in [0.2, 0.25) is 0 Å². The van der Waals surface area contributed by atoms with Crippen LogP contribution in [0, 0.1) is 5.92 Å². The highest BCUT2D eigenvalue weighted by Gasteiger charge is 2.48. The van der Waals surface area contributed by atoms with Crippen molar-refractivity contribution in [3.8, 4) is 0 Å². The molecule has 2 aliphatic rings. The Morgan fingerprint density at radius 2 is 1.93 bits per heavy atom. The van der Waals surface area contributed by atoms with E-state index in [2.05, 4.69) is 12.1 Å². The molecule has 2 aromatic rings. The molecule has 1 fully saturated rings. The van der Waals surface area contributed by atoms with Gasteiger partial charge < -0.3 is 5.11 Å². The predicted octanol–water partition coefficient (Wildman–Crippen LogP) is 4.22. The second-order valence-electron chi connectivity index (χ2n) is 7.03. The summed E-state index contributed by atoms with van der Waals surface area (Å²) in [7, 11) is 0. The van der Waals surface area contributed by atoms with E-state index in [1.165, 1.54) is 11.1 Å². The molecule has 1 amide bonds. The van der Waals surface area contributed by atoms with Crippen molar-refractivity contribution in [3.05, 3.63) is 77.4 Å². The Hall–Kier alpha value is -1.95. The molecule has 4 rings (SSSR count). The molecule has 2 unspecified atom stereocenters. The molecular formula is C22H21NO2S2. The van der Waals surface area contributed by atoms with E-state index in [1.807, 2.05) is 48.5 Å². The van der Waals surface area contributed by atoms with Gasteiger partial charge in [0.1, 0.15) is 4.32 Å². The predicted molar refractivity (Wildman–Crippen MR) is 114 cm³/mol. The van der Waals surface area contributed by atoms with E-state index in [1.54, 1.807) is 29.7 Å². The van der Waals surface area contributed by atoms with Crippen LogP contribution in [0.5, 0.6) is 0 Å². The number of nitrogens with zero attached hydrogens (tertiary/aromatic N) is 1. The topological polar surface area (TPSA) is 40.5 Å². The number of hydrogen-bond donors (Lipinski definition) is 1. The summed E-state index contributed by atoms with van der Waals surface area (Å²) >= 11 is 7.12. The molecule has 0 saturated carbocycles. The van der Waals surface area contributed by atoms with Crippen LogP contribution in [0.25, 0.3) is 6.08 Å². The first-order valence-corrected chi connectivity index (χ1v) is 10.4. The number of amides is 1. The third-order valence-electron chi connectivity index (χ3n) is 5.30. The number of thioether (sulfide) groups is 1. The lowest BCUT2D eigenvalue weighted by atomic mass is 9.99. The summed E-state index contributed by atoms with van der Waals surface area (Å²) in [5, 5.41) is 10.8. The summed E-state index contributed by atoms with van der Waals surface area (Å²) in [4.78, 5) is 14.9. The standard InChI is InChI=1S/C22H21NO2S2/c1-14(18(24)12-11-15-7-3-2-4-8-15)21(25)23-20-17-10-6-5-9-16(17)13-19(20)27-22(23)26/h2-12,14,18-20,24H,13H2,1H3/b12-11+/t14-,18+,19?,20?/m0/s1. The number of carbonyl (C=O) groups excluding carboxylic acids is 1. The molecule has 0 aromatic heterocycles. The normalized spacial score (nSPS) is 23.3. The first kappa shape index (κ1) is 18.4. The van der Waals surface area contributed by atoms with Crippen LogP contribution in [-0.4, -0.2) is 31.6 Å². The third kappa shape index (κ3) is 3.47. The van der Waals surface area contributed by atoms with Crippen LogP contribution in [-0.2, 0) is 11.2 Å². The Bertz CT molecular complexity index is 896. The minimum Gasteiger partial charge on any atom is -0.388 e. The maximum atomic E-state index is 13.2. The van der Waals surface area contributed by atoms with E-state index >= 15 is 0 Å². The Kier molecular flexibility index (Phi) is 5.17. The second kappa shape index (κ2) is 7.58. The Morgan fingerprint density at radius 3 is 2.70 bits per heavy atom. The number of benzene rings is 2. The molecule has 5 heteroatoms. The lowest BCUT2D eigenvalue weighted by Crippen LogP contribution is -2.41. The van der Waals surface area contributed by atoms with Crippen molar-refractivity contribution >= 4 is 40.3 Å². The molecule has 1 heterocycles.